The van der Waals surface area contributed by atoms with Crippen LogP contribution in [0.15, 0.2) is 41.9 Å². The molecule has 9 heteroatoms. The molecule has 1 aliphatic heterocycles. The molecule has 8 nitrogen and oxygen atoms in total. The third-order valence-electron chi connectivity index (χ3n) is 6.88. The van der Waals surface area contributed by atoms with Crippen molar-refractivity contribution >= 4 is 23.3 Å². The summed E-state index contributed by atoms with van der Waals surface area (Å²) in [5, 5.41) is 9.90. The van der Waals surface area contributed by atoms with Crippen LogP contribution in [0.1, 0.15) is 72.2 Å². The van der Waals surface area contributed by atoms with Crippen LogP contribution >= 0.6 is 11.3 Å². The first-order valence-corrected chi connectivity index (χ1v) is 13.6. The topological polar surface area (TPSA) is 86.3 Å². The Labute approximate surface area is 217 Å². The molecule has 5 rings (SSSR count). The van der Waals surface area contributed by atoms with E-state index in [2.05, 4.69) is 51.9 Å². The molecule has 1 saturated carbocycles. The minimum atomic E-state index is -0.0930. The van der Waals surface area contributed by atoms with Gasteiger partial charge in [-0.05, 0) is 58.3 Å². The third-order valence-corrected chi connectivity index (χ3v) is 7.93. The Bertz CT molecular complexity index is 1190. The van der Waals surface area contributed by atoms with Gasteiger partial charge in [0.1, 0.15) is 5.01 Å². The van der Waals surface area contributed by atoms with Gasteiger partial charge in [-0.15, -0.1) is 11.3 Å². The number of carbonyl (C=O) groups excluding carboxylic acids is 1. The molecule has 190 valence electrons. The molecular weight excluding hydrogens is 470 g/mol. The molecule has 2 aliphatic rings. The van der Waals surface area contributed by atoms with E-state index in [9.17, 15) is 4.79 Å². The summed E-state index contributed by atoms with van der Waals surface area (Å²) in [5.41, 5.74) is 4.31. The predicted octanol–water partition coefficient (Wildman–Crippen LogP) is 4.74. The van der Waals surface area contributed by atoms with Gasteiger partial charge in [-0.25, -0.2) is 19.7 Å². The number of fused-ring (bicyclic) bond motifs is 1. The van der Waals surface area contributed by atoms with Crippen molar-refractivity contribution in [2.45, 2.75) is 63.7 Å². The number of carbonyl (C=O) groups is 1. The number of likely N-dealkylation sites (N-methyl/N-ethyl adjacent to an activating group) is 1. The fraction of sp³-hybridized carbons (Fsp3) is 0.481. The highest BCUT2D eigenvalue weighted by molar-refractivity contribution is 7.09. The zero-order chi connectivity index (χ0) is 25.2. The molecule has 2 aromatic heterocycles. The van der Waals surface area contributed by atoms with Gasteiger partial charge in [-0.3, -0.25) is 0 Å². The molecular formula is C27H35N7OS. The average Bonchev–Trinajstić information content (AvgIpc) is 3.59. The van der Waals surface area contributed by atoms with Gasteiger partial charge in [0.15, 0.2) is 0 Å². The van der Waals surface area contributed by atoms with E-state index in [0.29, 0.717) is 18.4 Å². The van der Waals surface area contributed by atoms with Crippen molar-refractivity contribution in [3.05, 3.63) is 69.4 Å². The normalized spacial score (nSPS) is 19.0. The summed E-state index contributed by atoms with van der Waals surface area (Å²) in [6.07, 6.45) is 5.14. The maximum atomic E-state index is 13.4. The lowest BCUT2D eigenvalue weighted by atomic mass is 10.0. The first-order valence-electron chi connectivity index (χ1n) is 12.7. The summed E-state index contributed by atoms with van der Waals surface area (Å²) >= 11 is 1.69. The SMILES string of the molecule is C[C@H](Nc1ncc2c(n1)CN(C(=O)N[C@H](CN(C)C)c1ccccc1)[C@H](C)C2)c1nc(C2CC2)cs1. The Morgan fingerprint density at radius 3 is 2.72 bits per heavy atom. The monoisotopic (exact) mass is 505 g/mol. The summed E-state index contributed by atoms with van der Waals surface area (Å²) in [7, 11) is 4.04. The second-order valence-electron chi connectivity index (χ2n) is 10.3. The van der Waals surface area contributed by atoms with Crippen molar-refractivity contribution in [2.75, 3.05) is 26.0 Å². The smallest absolute Gasteiger partial charge is 0.318 e. The molecule has 1 aromatic carbocycles. The maximum Gasteiger partial charge on any atom is 0.318 e. The van der Waals surface area contributed by atoms with E-state index in [1.165, 1.54) is 18.5 Å². The van der Waals surface area contributed by atoms with Crippen LogP contribution in [0.25, 0.3) is 0 Å². The number of thiazole rings is 1. The standard InChI is InChI=1S/C27H35N7OS/c1-17-12-21-13-28-26(29-18(2)25-30-24(16-36-25)20-10-11-20)31-23(21)15-34(17)27(35)32-22(14-33(3)4)19-8-6-5-7-9-19/h5-9,13,16-18,20,22H,10-12,14-15H2,1-4H3,(H,32,35)(H,28,29,31)/t17-,18+,22-/m1/s1. The molecule has 0 saturated heterocycles. The second kappa shape index (κ2) is 10.5. The molecule has 3 heterocycles. The Balaban J connectivity index is 1.27. The van der Waals surface area contributed by atoms with Crippen LogP contribution in [-0.2, 0) is 13.0 Å². The number of amides is 2. The Morgan fingerprint density at radius 2 is 2.00 bits per heavy atom. The first-order chi connectivity index (χ1) is 17.4. The van der Waals surface area contributed by atoms with Gasteiger partial charge in [0.25, 0.3) is 0 Å². The number of rotatable bonds is 8. The van der Waals surface area contributed by atoms with Crippen molar-refractivity contribution in [3.8, 4) is 0 Å². The highest BCUT2D eigenvalue weighted by Crippen LogP contribution is 2.41. The lowest BCUT2D eigenvalue weighted by Crippen LogP contribution is -2.50. The lowest BCUT2D eigenvalue weighted by molar-refractivity contribution is 0.161. The Kier molecular flexibility index (Phi) is 7.20. The molecule has 3 atom stereocenters. The van der Waals surface area contributed by atoms with Crippen molar-refractivity contribution < 1.29 is 4.79 Å². The number of hydrogen-bond donors (Lipinski definition) is 2. The molecule has 0 spiro atoms. The van der Waals surface area contributed by atoms with E-state index in [0.717, 1.165) is 34.8 Å². The van der Waals surface area contributed by atoms with E-state index in [4.69, 9.17) is 9.97 Å². The first kappa shape index (κ1) is 24.6. The third kappa shape index (κ3) is 5.68. The molecule has 2 amide bonds. The van der Waals surface area contributed by atoms with Crippen LogP contribution in [0.5, 0.6) is 0 Å². The molecule has 36 heavy (non-hydrogen) atoms. The van der Waals surface area contributed by atoms with Gasteiger partial charge in [0.05, 0.1) is 30.0 Å². The Morgan fingerprint density at radius 1 is 1.22 bits per heavy atom. The van der Waals surface area contributed by atoms with E-state index >= 15 is 0 Å². The predicted molar refractivity (Wildman–Crippen MR) is 143 cm³/mol. The minimum Gasteiger partial charge on any atom is -0.345 e. The molecule has 0 bridgehead atoms. The highest BCUT2D eigenvalue weighted by atomic mass is 32.1. The van der Waals surface area contributed by atoms with Gasteiger partial charge in [0, 0.05) is 30.1 Å². The molecule has 0 unspecified atom stereocenters. The number of urea groups is 1. The summed E-state index contributed by atoms with van der Waals surface area (Å²) in [4.78, 5) is 31.6. The van der Waals surface area contributed by atoms with E-state index < -0.39 is 0 Å². The van der Waals surface area contributed by atoms with Crippen LogP contribution in [0.4, 0.5) is 10.7 Å². The van der Waals surface area contributed by atoms with Crippen LogP contribution in [0.3, 0.4) is 0 Å². The number of aromatic nitrogens is 3. The van der Waals surface area contributed by atoms with Crippen molar-refractivity contribution in [1.82, 2.24) is 30.1 Å². The van der Waals surface area contributed by atoms with Crippen LogP contribution in [0, 0.1) is 0 Å². The van der Waals surface area contributed by atoms with Crippen LogP contribution < -0.4 is 10.6 Å². The summed E-state index contributed by atoms with van der Waals surface area (Å²) in [5.74, 6) is 1.23. The molecule has 2 N–H and O–H groups in total. The number of benzene rings is 1. The largest absolute Gasteiger partial charge is 0.345 e. The fourth-order valence-corrected chi connectivity index (χ4v) is 5.58. The van der Waals surface area contributed by atoms with Crippen molar-refractivity contribution in [3.63, 3.8) is 0 Å². The molecule has 3 aromatic rings. The van der Waals surface area contributed by atoms with Crippen LogP contribution in [-0.4, -0.2) is 57.5 Å². The second-order valence-corrected chi connectivity index (χ2v) is 11.2. The zero-order valence-electron chi connectivity index (χ0n) is 21.4. The van der Waals surface area contributed by atoms with Gasteiger partial charge in [-0.2, -0.15) is 0 Å². The number of nitrogens with one attached hydrogen (secondary N) is 2. The van der Waals surface area contributed by atoms with Crippen LogP contribution in [0.2, 0.25) is 0 Å². The molecule has 0 radical (unpaired) electrons. The van der Waals surface area contributed by atoms with Crippen molar-refractivity contribution in [2.24, 2.45) is 0 Å². The summed E-state index contributed by atoms with van der Waals surface area (Å²) in [6.45, 7) is 5.36. The van der Waals surface area contributed by atoms with E-state index in [1.807, 2.05) is 43.4 Å². The minimum absolute atomic E-state index is 0.0279. The number of nitrogens with zero attached hydrogens (tertiary/aromatic N) is 5. The number of anilines is 1. The fourth-order valence-electron chi connectivity index (χ4n) is 4.68. The zero-order valence-corrected chi connectivity index (χ0v) is 22.3. The average molecular weight is 506 g/mol. The Hall–Kier alpha value is -3.04. The van der Waals surface area contributed by atoms with Gasteiger partial charge in [-0.1, -0.05) is 30.3 Å². The van der Waals surface area contributed by atoms with Crippen molar-refractivity contribution in [1.29, 1.82) is 0 Å². The summed E-state index contributed by atoms with van der Waals surface area (Å²) < 4.78 is 0. The van der Waals surface area contributed by atoms with E-state index in [1.54, 1.807) is 11.3 Å². The van der Waals surface area contributed by atoms with Gasteiger partial charge in [0.2, 0.25) is 5.95 Å². The quantitative estimate of drug-likeness (QED) is 0.460. The van der Waals surface area contributed by atoms with Gasteiger partial charge < -0.3 is 20.4 Å². The highest BCUT2D eigenvalue weighted by Gasteiger charge is 2.30. The van der Waals surface area contributed by atoms with Gasteiger partial charge >= 0.3 is 6.03 Å². The maximum absolute atomic E-state index is 13.4. The summed E-state index contributed by atoms with van der Waals surface area (Å²) in [6, 6.07) is 10.1. The number of hydrogen-bond acceptors (Lipinski definition) is 7. The lowest BCUT2D eigenvalue weighted by Gasteiger charge is -2.35. The molecule has 1 fully saturated rings. The van der Waals surface area contributed by atoms with E-state index in [-0.39, 0.29) is 24.2 Å². The molecule has 1 aliphatic carbocycles.